The van der Waals surface area contributed by atoms with Crippen LogP contribution in [0.3, 0.4) is 0 Å². The van der Waals surface area contributed by atoms with Gasteiger partial charge in [-0.05, 0) is 6.42 Å². The number of hydrogen-bond acceptors (Lipinski definition) is 5. The molecule has 0 aromatic carbocycles. The summed E-state index contributed by atoms with van der Waals surface area (Å²) in [6.07, 6.45) is 2.63. The molecule has 2 rings (SSSR count). The van der Waals surface area contributed by atoms with Crippen molar-refractivity contribution in [2.45, 2.75) is 25.3 Å². The molecule has 2 aromatic rings. The third-order valence-electron chi connectivity index (χ3n) is 2.35. The maximum atomic E-state index is 12.2. The third kappa shape index (κ3) is 2.36. The highest BCUT2D eigenvalue weighted by Gasteiger charge is 2.24. The summed E-state index contributed by atoms with van der Waals surface area (Å²) in [5, 5.41) is 5.06. The zero-order valence-corrected chi connectivity index (χ0v) is 11.9. The fraction of sp³-hybridized carbons (Fsp3) is 0.500. The molecule has 0 radical (unpaired) electrons. The molecule has 18 heavy (non-hydrogen) atoms. The minimum Gasteiger partial charge on any atom is -0.368 e. The fourth-order valence-corrected chi connectivity index (χ4v) is 3.71. The van der Waals surface area contributed by atoms with Gasteiger partial charge in [0.15, 0.2) is 15.8 Å². The number of nitrogens with zero attached hydrogens (tertiary/aromatic N) is 2. The van der Waals surface area contributed by atoms with Gasteiger partial charge in [-0.15, -0.1) is 11.3 Å². The lowest BCUT2D eigenvalue weighted by atomic mass is 10.5. The van der Waals surface area contributed by atoms with Gasteiger partial charge < -0.3 is 5.32 Å². The molecule has 2 aromatic heterocycles. The van der Waals surface area contributed by atoms with E-state index in [1.807, 2.05) is 12.3 Å². The summed E-state index contributed by atoms with van der Waals surface area (Å²) in [6, 6.07) is 0. The number of aromatic nitrogens is 2. The first-order chi connectivity index (χ1) is 8.60. The SMILES string of the molecule is CCCNc1nc2sccn2c1S(=O)(=O)NCC. The van der Waals surface area contributed by atoms with E-state index in [-0.39, 0.29) is 5.03 Å². The quantitative estimate of drug-likeness (QED) is 0.845. The first-order valence-electron chi connectivity index (χ1n) is 5.79. The molecule has 0 spiro atoms. The van der Waals surface area contributed by atoms with Crippen LogP contribution in [0.1, 0.15) is 20.3 Å². The molecule has 0 saturated heterocycles. The van der Waals surface area contributed by atoms with Crippen LogP contribution in [0.4, 0.5) is 5.82 Å². The largest absolute Gasteiger partial charge is 0.368 e. The van der Waals surface area contributed by atoms with E-state index in [1.54, 1.807) is 17.5 Å². The lowest BCUT2D eigenvalue weighted by Crippen LogP contribution is -2.25. The van der Waals surface area contributed by atoms with Gasteiger partial charge in [-0.1, -0.05) is 13.8 Å². The van der Waals surface area contributed by atoms with Gasteiger partial charge in [-0.25, -0.2) is 18.1 Å². The fourth-order valence-electron chi connectivity index (χ4n) is 1.64. The molecule has 6 nitrogen and oxygen atoms in total. The molecule has 2 heterocycles. The minimum atomic E-state index is -3.53. The van der Waals surface area contributed by atoms with E-state index in [0.29, 0.717) is 23.9 Å². The summed E-state index contributed by atoms with van der Waals surface area (Å²) in [4.78, 5) is 4.98. The second kappa shape index (κ2) is 5.25. The molecule has 8 heteroatoms. The normalized spacial score (nSPS) is 12.1. The molecular weight excluding hydrogens is 272 g/mol. The van der Waals surface area contributed by atoms with Gasteiger partial charge in [0.25, 0.3) is 10.0 Å². The van der Waals surface area contributed by atoms with Crippen LogP contribution in [0.5, 0.6) is 0 Å². The number of sulfonamides is 1. The van der Waals surface area contributed by atoms with Crippen molar-refractivity contribution in [1.82, 2.24) is 14.1 Å². The average molecular weight is 288 g/mol. The summed E-state index contributed by atoms with van der Waals surface area (Å²) >= 11 is 1.41. The van der Waals surface area contributed by atoms with Crippen molar-refractivity contribution < 1.29 is 8.42 Å². The molecule has 0 aliphatic rings. The smallest absolute Gasteiger partial charge is 0.260 e. The number of imidazole rings is 1. The van der Waals surface area contributed by atoms with Gasteiger partial charge in [0.1, 0.15) is 0 Å². The summed E-state index contributed by atoms with van der Waals surface area (Å²) in [5.41, 5.74) is 0. The molecule has 0 aliphatic carbocycles. The van der Waals surface area contributed by atoms with Gasteiger partial charge in [0.05, 0.1) is 0 Å². The molecule has 0 aliphatic heterocycles. The van der Waals surface area contributed by atoms with E-state index in [1.165, 1.54) is 11.3 Å². The van der Waals surface area contributed by atoms with Crippen LogP contribution in [0.2, 0.25) is 0 Å². The van der Waals surface area contributed by atoms with Crippen molar-refractivity contribution in [3.63, 3.8) is 0 Å². The first-order valence-corrected chi connectivity index (χ1v) is 8.15. The molecule has 0 unspecified atom stereocenters. The number of rotatable bonds is 6. The lowest BCUT2D eigenvalue weighted by Gasteiger charge is -2.07. The Morgan fingerprint density at radius 3 is 2.89 bits per heavy atom. The molecule has 2 N–H and O–H groups in total. The maximum Gasteiger partial charge on any atom is 0.260 e. The zero-order chi connectivity index (χ0) is 13.2. The number of thiazole rings is 1. The Kier molecular flexibility index (Phi) is 3.88. The summed E-state index contributed by atoms with van der Waals surface area (Å²) in [6.45, 7) is 4.82. The standard InChI is InChI=1S/C10H16N4O2S2/c1-3-5-11-8-9(18(15,16)12-4-2)14-6-7-17-10(14)13-8/h6-7,11-12H,3-5H2,1-2H3. The van der Waals surface area contributed by atoms with Crippen LogP contribution in [0.25, 0.3) is 4.96 Å². The molecule has 0 atom stereocenters. The Morgan fingerprint density at radius 2 is 2.22 bits per heavy atom. The maximum absolute atomic E-state index is 12.2. The zero-order valence-electron chi connectivity index (χ0n) is 10.3. The topological polar surface area (TPSA) is 75.5 Å². The van der Waals surface area contributed by atoms with Crippen molar-refractivity contribution >= 4 is 32.1 Å². The van der Waals surface area contributed by atoms with Gasteiger partial charge in [-0.3, -0.25) is 4.40 Å². The van der Waals surface area contributed by atoms with Crippen molar-refractivity contribution in [2.75, 3.05) is 18.4 Å². The number of anilines is 1. The van der Waals surface area contributed by atoms with E-state index < -0.39 is 10.0 Å². The molecule has 0 bridgehead atoms. The predicted molar refractivity (Wildman–Crippen MR) is 72.7 cm³/mol. The van der Waals surface area contributed by atoms with Crippen molar-refractivity contribution in [1.29, 1.82) is 0 Å². The van der Waals surface area contributed by atoms with Crippen LogP contribution in [-0.4, -0.2) is 30.9 Å². The Balaban J connectivity index is 2.53. The highest BCUT2D eigenvalue weighted by molar-refractivity contribution is 7.89. The molecule has 100 valence electrons. The molecular formula is C10H16N4O2S2. The Bertz CT molecular complexity index is 629. The average Bonchev–Trinajstić information content (AvgIpc) is 2.84. The van der Waals surface area contributed by atoms with E-state index in [9.17, 15) is 8.42 Å². The number of hydrogen-bond donors (Lipinski definition) is 2. The number of nitrogens with one attached hydrogen (secondary N) is 2. The second-order valence-corrected chi connectivity index (χ2v) is 6.30. The predicted octanol–water partition coefficient (Wildman–Crippen LogP) is 1.52. The monoisotopic (exact) mass is 288 g/mol. The second-order valence-electron chi connectivity index (χ2n) is 3.75. The van der Waals surface area contributed by atoms with Crippen molar-refractivity contribution in [2.24, 2.45) is 0 Å². The third-order valence-corrected chi connectivity index (χ3v) is 4.67. The highest BCUT2D eigenvalue weighted by atomic mass is 32.2. The van der Waals surface area contributed by atoms with Gasteiger partial charge >= 0.3 is 0 Å². The van der Waals surface area contributed by atoms with Crippen LogP contribution in [-0.2, 0) is 10.0 Å². The minimum absolute atomic E-state index is 0.189. The number of fused-ring (bicyclic) bond motifs is 1. The van der Waals surface area contributed by atoms with Gasteiger partial charge in [-0.2, -0.15) is 0 Å². The Morgan fingerprint density at radius 1 is 1.44 bits per heavy atom. The Hall–Kier alpha value is -1.12. The van der Waals surface area contributed by atoms with Crippen molar-refractivity contribution in [3.05, 3.63) is 11.6 Å². The molecule has 0 saturated carbocycles. The molecule has 0 amide bonds. The van der Waals surface area contributed by atoms with E-state index in [2.05, 4.69) is 15.0 Å². The van der Waals surface area contributed by atoms with Crippen LogP contribution < -0.4 is 10.0 Å². The van der Waals surface area contributed by atoms with Crippen LogP contribution in [0, 0.1) is 0 Å². The van der Waals surface area contributed by atoms with Gasteiger partial charge in [0, 0.05) is 24.7 Å². The molecule has 0 fully saturated rings. The highest BCUT2D eigenvalue weighted by Crippen LogP contribution is 2.25. The van der Waals surface area contributed by atoms with Crippen molar-refractivity contribution in [3.8, 4) is 0 Å². The summed E-state index contributed by atoms with van der Waals surface area (Å²) in [5.74, 6) is 0.421. The first kappa shape index (κ1) is 13.3. The van der Waals surface area contributed by atoms with E-state index in [4.69, 9.17) is 0 Å². The summed E-state index contributed by atoms with van der Waals surface area (Å²) in [7, 11) is -3.53. The van der Waals surface area contributed by atoms with Crippen LogP contribution >= 0.6 is 11.3 Å². The van der Waals surface area contributed by atoms with E-state index in [0.717, 1.165) is 6.42 Å². The lowest BCUT2D eigenvalue weighted by molar-refractivity contribution is 0.579. The van der Waals surface area contributed by atoms with E-state index >= 15 is 0 Å². The van der Waals surface area contributed by atoms with Crippen LogP contribution in [0.15, 0.2) is 16.6 Å². The van der Waals surface area contributed by atoms with Gasteiger partial charge in [0.2, 0.25) is 0 Å². The summed E-state index contributed by atoms with van der Waals surface area (Å²) < 4.78 is 28.5. The Labute approximate surface area is 110 Å².